The molecule has 0 saturated heterocycles. The van der Waals surface area contributed by atoms with E-state index in [1.165, 1.54) is 0 Å². The van der Waals surface area contributed by atoms with Crippen LogP contribution in [0.25, 0.3) is 0 Å². The zero-order chi connectivity index (χ0) is 10.8. The van der Waals surface area contributed by atoms with Crippen molar-refractivity contribution in [1.29, 1.82) is 0 Å². The smallest absolute Gasteiger partial charge is 0.154 e. The normalized spacial score (nSPS) is 11.6. The third-order valence-corrected chi connectivity index (χ3v) is 2.52. The summed E-state index contributed by atoms with van der Waals surface area (Å²) < 4.78 is 21.9. The van der Waals surface area contributed by atoms with Gasteiger partial charge in [-0.1, -0.05) is 0 Å². The number of aryl methyl sites for hydroxylation is 1. The van der Waals surface area contributed by atoms with Crippen molar-refractivity contribution in [2.24, 2.45) is 5.73 Å². The minimum absolute atomic E-state index is 0.126. The Morgan fingerprint density at radius 3 is 2.57 bits per heavy atom. The average molecular weight is 215 g/mol. The standard InChI is InChI=1S/C8H13N3O2S/c1-6-7(3-9)4-10-8(11-6)5-14(2,12)13/h4H,3,5,9H2,1-2H3. The molecule has 2 N–H and O–H groups in total. The zero-order valence-electron chi connectivity index (χ0n) is 8.19. The highest BCUT2D eigenvalue weighted by atomic mass is 32.2. The fraction of sp³-hybridized carbons (Fsp3) is 0.500. The van der Waals surface area contributed by atoms with Crippen LogP contribution in [-0.4, -0.2) is 24.6 Å². The van der Waals surface area contributed by atoms with Crippen LogP contribution in [0.4, 0.5) is 0 Å². The molecule has 0 unspecified atom stereocenters. The molecule has 1 aromatic heterocycles. The summed E-state index contributed by atoms with van der Waals surface area (Å²) >= 11 is 0. The van der Waals surface area contributed by atoms with Crippen molar-refractivity contribution >= 4 is 9.84 Å². The van der Waals surface area contributed by atoms with Crippen LogP contribution in [0, 0.1) is 6.92 Å². The maximum absolute atomic E-state index is 11.0. The minimum Gasteiger partial charge on any atom is -0.326 e. The van der Waals surface area contributed by atoms with E-state index in [4.69, 9.17) is 5.73 Å². The molecule has 6 heteroatoms. The monoisotopic (exact) mass is 215 g/mol. The van der Waals surface area contributed by atoms with Crippen molar-refractivity contribution in [2.45, 2.75) is 19.2 Å². The Labute approximate surface area is 83.3 Å². The van der Waals surface area contributed by atoms with Gasteiger partial charge in [-0.05, 0) is 6.92 Å². The van der Waals surface area contributed by atoms with E-state index < -0.39 is 9.84 Å². The molecule has 78 valence electrons. The van der Waals surface area contributed by atoms with Crippen LogP contribution in [0.15, 0.2) is 6.20 Å². The van der Waals surface area contributed by atoms with E-state index in [0.29, 0.717) is 12.4 Å². The maximum Gasteiger partial charge on any atom is 0.154 e. The van der Waals surface area contributed by atoms with Crippen LogP contribution in [0.3, 0.4) is 0 Å². The first-order chi connectivity index (χ1) is 6.42. The number of sulfone groups is 1. The minimum atomic E-state index is -3.07. The second-order valence-electron chi connectivity index (χ2n) is 3.17. The fourth-order valence-corrected chi connectivity index (χ4v) is 1.65. The fourth-order valence-electron chi connectivity index (χ4n) is 1.04. The van der Waals surface area contributed by atoms with Gasteiger partial charge in [0.2, 0.25) is 0 Å². The molecule has 0 aliphatic rings. The van der Waals surface area contributed by atoms with E-state index in [1.807, 2.05) is 0 Å². The van der Waals surface area contributed by atoms with E-state index in [2.05, 4.69) is 9.97 Å². The number of aromatic nitrogens is 2. The van der Waals surface area contributed by atoms with Gasteiger partial charge in [0.15, 0.2) is 9.84 Å². The predicted octanol–water partition coefficient (Wildman–Crippen LogP) is -0.212. The first-order valence-electron chi connectivity index (χ1n) is 4.11. The Morgan fingerprint density at radius 1 is 1.50 bits per heavy atom. The summed E-state index contributed by atoms with van der Waals surface area (Å²) in [5.74, 6) is 0.195. The zero-order valence-corrected chi connectivity index (χ0v) is 9.00. The lowest BCUT2D eigenvalue weighted by atomic mass is 10.2. The van der Waals surface area contributed by atoms with Gasteiger partial charge in [0.25, 0.3) is 0 Å². The Balaban J connectivity index is 2.98. The molecule has 0 aliphatic heterocycles. The van der Waals surface area contributed by atoms with Crippen LogP contribution >= 0.6 is 0 Å². The van der Waals surface area contributed by atoms with Gasteiger partial charge >= 0.3 is 0 Å². The number of hydrogen-bond donors (Lipinski definition) is 1. The molecule has 0 radical (unpaired) electrons. The van der Waals surface area contributed by atoms with Crippen molar-refractivity contribution in [2.75, 3.05) is 6.26 Å². The van der Waals surface area contributed by atoms with Crippen LogP contribution in [0.1, 0.15) is 17.1 Å². The number of rotatable bonds is 3. The third-order valence-electron chi connectivity index (χ3n) is 1.74. The summed E-state index contributed by atoms with van der Waals surface area (Å²) in [4.78, 5) is 7.98. The van der Waals surface area contributed by atoms with Gasteiger partial charge < -0.3 is 5.73 Å². The van der Waals surface area contributed by atoms with Gasteiger partial charge in [-0.15, -0.1) is 0 Å². The van der Waals surface area contributed by atoms with E-state index in [9.17, 15) is 8.42 Å². The molecule has 1 rings (SSSR count). The lowest BCUT2D eigenvalue weighted by molar-refractivity contribution is 0.599. The van der Waals surface area contributed by atoms with Crippen molar-refractivity contribution in [1.82, 2.24) is 9.97 Å². The van der Waals surface area contributed by atoms with Crippen LogP contribution in [0.5, 0.6) is 0 Å². The van der Waals surface area contributed by atoms with E-state index in [1.54, 1.807) is 13.1 Å². The first-order valence-corrected chi connectivity index (χ1v) is 6.17. The topological polar surface area (TPSA) is 85.9 Å². The van der Waals surface area contributed by atoms with Crippen molar-refractivity contribution < 1.29 is 8.42 Å². The molecule has 0 aromatic carbocycles. The first kappa shape index (κ1) is 11.1. The van der Waals surface area contributed by atoms with E-state index >= 15 is 0 Å². The van der Waals surface area contributed by atoms with Crippen molar-refractivity contribution in [3.63, 3.8) is 0 Å². The lowest BCUT2D eigenvalue weighted by Gasteiger charge is -2.03. The van der Waals surface area contributed by atoms with E-state index in [0.717, 1.165) is 17.5 Å². The molecule has 0 fully saturated rings. The molecule has 1 heterocycles. The largest absolute Gasteiger partial charge is 0.326 e. The second kappa shape index (κ2) is 4.02. The van der Waals surface area contributed by atoms with Crippen LogP contribution in [0.2, 0.25) is 0 Å². The number of nitrogens with two attached hydrogens (primary N) is 1. The Hall–Kier alpha value is -1.01. The molecular weight excluding hydrogens is 202 g/mol. The van der Waals surface area contributed by atoms with Crippen molar-refractivity contribution in [3.05, 3.63) is 23.3 Å². The molecule has 1 aromatic rings. The number of nitrogens with zero attached hydrogens (tertiary/aromatic N) is 2. The summed E-state index contributed by atoms with van der Waals surface area (Å²) in [7, 11) is -3.07. The molecule has 0 atom stereocenters. The van der Waals surface area contributed by atoms with Gasteiger partial charge in [-0.2, -0.15) is 0 Å². The summed E-state index contributed by atoms with van der Waals surface area (Å²) in [5, 5.41) is 0. The second-order valence-corrected chi connectivity index (χ2v) is 5.31. The van der Waals surface area contributed by atoms with E-state index in [-0.39, 0.29) is 5.75 Å². The quantitative estimate of drug-likeness (QED) is 0.754. The molecular formula is C8H13N3O2S. The highest BCUT2D eigenvalue weighted by Gasteiger charge is 2.08. The summed E-state index contributed by atoms with van der Waals surface area (Å²) in [6.07, 6.45) is 2.73. The Morgan fingerprint density at radius 2 is 2.14 bits per heavy atom. The Bertz CT molecular complexity index is 428. The highest BCUT2D eigenvalue weighted by molar-refractivity contribution is 7.89. The molecule has 0 amide bonds. The SMILES string of the molecule is Cc1nc(CS(C)(=O)=O)ncc1CN. The average Bonchev–Trinajstić information content (AvgIpc) is 2.01. The molecule has 0 saturated carbocycles. The predicted molar refractivity (Wildman–Crippen MR) is 53.2 cm³/mol. The molecule has 0 bridgehead atoms. The summed E-state index contributed by atoms with van der Waals surface area (Å²) in [6, 6.07) is 0. The molecule has 5 nitrogen and oxygen atoms in total. The van der Waals surface area contributed by atoms with Gasteiger partial charge in [0, 0.05) is 30.3 Å². The van der Waals surface area contributed by atoms with Gasteiger partial charge in [0.05, 0.1) is 0 Å². The summed E-state index contributed by atoms with van der Waals surface area (Å²) in [6.45, 7) is 2.15. The third kappa shape index (κ3) is 3.04. The molecule has 0 spiro atoms. The van der Waals surface area contributed by atoms with Crippen LogP contribution < -0.4 is 5.73 Å². The number of hydrogen-bond acceptors (Lipinski definition) is 5. The highest BCUT2D eigenvalue weighted by Crippen LogP contribution is 2.04. The Kier molecular flexibility index (Phi) is 3.17. The van der Waals surface area contributed by atoms with Crippen LogP contribution in [-0.2, 0) is 22.1 Å². The lowest BCUT2D eigenvalue weighted by Crippen LogP contribution is -2.09. The van der Waals surface area contributed by atoms with Crippen molar-refractivity contribution in [3.8, 4) is 0 Å². The molecule has 0 aliphatic carbocycles. The molecule has 14 heavy (non-hydrogen) atoms. The summed E-state index contributed by atoms with van der Waals surface area (Å²) in [5.41, 5.74) is 7.00. The maximum atomic E-state index is 11.0. The van der Waals surface area contributed by atoms with Gasteiger partial charge in [-0.25, -0.2) is 18.4 Å². The van der Waals surface area contributed by atoms with Gasteiger partial charge in [0.1, 0.15) is 11.6 Å². The van der Waals surface area contributed by atoms with Gasteiger partial charge in [-0.3, -0.25) is 0 Å².